The van der Waals surface area contributed by atoms with Gasteiger partial charge in [-0.15, -0.1) is 0 Å². The number of ether oxygens (including phenoxy) is 2. The molecule has 3 N–H and O–H groups in total. The Morgan fingerprint density at radius 1 is 0.914 bits per heavy atom. The minimum absolute atomic E-state index is 0.215. The Labute approximate surface area is 207 Å². The smallest absolute Gasteiger partial charge is 0.329 e. The maximum Gasteiger partial charge on any atom is 0.329 e. The van der Waals surface area contributed by atoms with E-state index in [9.17, 15) is 14.4 Å². The van der Waals surface area contributed by atoms with Crippen LogP contribution in [0.25, 0.3) is 0 Å². The van der Waals surface area contributed by atoms with E-state index in [-0.39, 0.29) is 12.5 Å². The Hall–Kier alpha value is -4.37. The number of para-hydroxylation sites is 2. The Bertz CT molecular complexity index is 1230. The lowest BCUT2D eigenvalue weighted by Crippen LogP contribution is -2.32. The van der Waals surface area contributed by atoms with Crippen LogP contribution in [-0.4, -0.2) is 37.1 Å². The predicted octanol–water partition coefficient (Wildman–Crippen LogP) is 3.85. The topological polar surface area (TPSA) is 118 Å². The number of carbonyl (C=O) groups is 3. The Balaban J connectivity index is 1.49. The molecule has 0 unspecified atom stereocenters. The van der Waals surface area contributed by atoms with Crippen LogP contribution in [0.5, 0.6) is 11.5 Å². The van der Waals surface area contributed by atoms with Crippen molar-refractivity contribution in [3.8, 4) is 11.5 Å². The van der Waals surface area contributed by atoms with E-state index in [0.717, 1.165) is 0 Å². The van der Waals surface area contributed by atoms with Crippen LogP contribution in [0.1, 0.15) is 12.5 Å². The van der Waals surface area contributed by atoms with Gasteiger partial charge in [-0.25, -0.2) is 5.43 Å². The number of nitrogens with zero attached hydrogens (tertiary/aromatic N) is 1. The van der Waals surface area contributed by atoms with Crippen molar-refractivity contribution < 1.29 is 23.9 Å². The fraction of sp³-hybridized carbons (Fsp3) is 0.120. The zero-order chi connectivity index (χ0) is 25.0. The number of halogens is 1. The molecule has 0 radical (unpaired) electrons. The van der Waals surface area contributed by atoms with Gasteiger partial charge in [0.1, 0.15) is 11.5 Å². The number of amides is 3. The number of nitrogens with one attached hydrogen (secondary N) is 3. The normalized spacial score (nSPS) is 10.5. The number of hydrazone groups is 1. The summed E-state index contributed by atoms with van der Waals surface area (Å²) >= 11 is 5.90. The first-order valence-corrected chi connectivity index (χ1v) is 11.0. The molecule has 0 saturated heterocycles. The predicted molar refractivity (Wildman–Crippen MR) is 134 cm³/mol. The fourth-order valence-electron chi connectivity index (χ4n) is 2.84. The maximum atomic E-state index is 12.1. The summed E-state index contributed by atoms with van der Waals surface area (Å²) in [5, 5.41) is 9.48. The highest BCUT2D eigenvalue weighted by Gasteiger charge is 2.15. The molecule has 3 aromatic rings. The highest BCUT2D eigenvalue weighted by atomic mass is 35.5. The second-order valence-corrected chi connectivity index (χ2v) is 7.44. The van der Waals surface area contributed by atoms with E-state index in [1.807, 2.05) is 6.92 Å². The lowest BCUT2D eigenvalue weighted by Gasteiger charge is -2.10. The lowest BCUT2D eigenvalue weighted by molar-refractivity contribution is -0.136. The summed E-state index contributed by atoms with van der Waals surface area (Å²) in [4.78, 5) is 36.3. The summed E-state index contributed by atoms with van der Waals surface area (Å²) in [5.41, 5.74) is 3.69. The van der Waals surface area contributed by atoms with Crippen LogP contribution in [0.4, 0.5) is 11.4 Å². The van der Waals surface area contributed by atoms with Gasteiger partial charge in [0.2, 0.25) is 0 Å². The summed E-state index contributed by atoms with van der Waals surface area (Å²) in [6, 6.07) is 20.3. The van der Waals surface area contributed by atoms with Crippen molar-refractivity contribution in [1.29, 1.82) is 0 Å². The first kappa shape index (κ1) is 25.3. The second-order valence-electron chi connectivity index (χ2n) is 7.00. The van der Waals surface area contributed by atoms with Crippen LogP contribution in [0.15, 0.2) is 77.9 Å². The van der Waals surface area contributed by atoms with Crippen molar-refractivity contribution in [3.63, 3.8) is 0 Å². The lowest BCUT2D eigenvalue weighted by atomic mass is 10.2. The Kier molecular flexibility index (Phi) is 9.21. The van der Waals surface area contributed by atoms with Crippen molar-refractivity contribution in [3.05, 3.63) is 83.4 Å². The molecule has 0 heterocycles. The fourth-order valence-corrected chi connectivity index (χ4v) is 3.03. The first-order valence-electron chi connectivity index (χ1n) is 10.6. The molecule has 10 heteroatoms. The van der Waals surface area contributed by atoms with Gasteiger partial charge < -0.3 is 20.1 Å². The van der Waals surface area contributed by atoms with Crippen LogP contribution in [0.2, 0.25) is 5.02 Å². The molecule has 0 bridgehead atoms. The third-order valence-electron chi connectivity index (χ3n) is 4.36. The molecule has 0 aliphatic heterocycles. The molecule has 9 nitrogen and oxygen atoms in total. The van der Waals surface area contributed by atoms with E-state index < -0.39 is 11.8 Å². The minimum atomic E-state index is -0.947. The molecule has 0 fully saturated rings. The van der Waals surface area contributed by atoms with Gasteiger partial charge >= 0.3 is 11.8 Å². The van der Waals surface area contributed by atoms with Crippen molar-refractivity contribution in [2.45, 2.75) is 6.92 Å². The van der Waals surface area contributed by atoms with Gasteiger partial charge in [0.15, 0.2) is 6.61 Å². The average molecular weight is 495 g/mol. The van der Waals surface area contributed by atoms with Crippen LogP contribution < -0.4 is 25.5 Å². The molecular formula is C25H23ClN4O5. The number of rotatable bonds is 9. The van der Waals surface area contributed by atoms with Gasteiger partial charge in [0.05, 0.1) is 18.5 Å². The summed E-state index contributed by atoms with van der Waals surface area (Å²) in [7, 11) is 0. The molecule has 180 valence electrons. The maximum absolute atomic E-state index is 12.1. The van der Waals surface area contributed by atoms with Gasteiger partial charge in [0, 0.05) is 10.7 Å². The van der Waals surface area contributed by atoms with Crippen LogP contribution in [0, 0.1) is 0 Å². The molecule has 0 atom stereocenters. The van der Waals surface area contributed by atoms with Crippen molar-refractivity contribution in [2.24, 2.45) is 5.10 Å². The monoisotopic (exact) mass is 494 g/mol. The van der Waals surface area contributed by atoms with Gasteiger partial charge in [-0.05, 0) is 55.0 Å². The third kappa shape index (κ3) is 8.17. The van der Waals surface area contributed by atoms with Crippen LogP contribution in [0.3, 0.4) is 0 Å². The Morgan fingerprint density at radius 2 is 1.71 bits per heavy atom. The van der Waals surface area contributed by atoms with Crippen LogP contribution in [-0.2, 0) is 14.4 Å². The van der Waals surface area contributed by atoms with Crippen molar-refractivity contribution in [1.82, 2.24) is 5.43 Å². The summed E-state index contributed by atoms with van der Waals surface area (Å²) in [6.07, 6.45) is 1.35. The van der Waals surface area contributed by atoms with Gasteiger partial charge in [-0.1, -0.05) is 41.9 Å². The zero-order valence-electron chi connectivity index (χ0n) is 18.8. The van der Waals surface area contributed by atoms with Gasteiger partial charge in [0.25, 0.3) is 5.91 Å². The van der Waals surface area contributed by atoms with E-state index in [1.165, 1.54) is 6.21 Å². The largest absolute Gasteiger partial charge is 0.492 e. The number of hydrogen-bond donors (Lipinski definition) is 3. The summed E-state index contributed by atoms with van der Waals surface area (Å²) in [5.74, 6) is -1.31. The zero-order valence-corrected chi connectivity index (χ0v) is 19.5. The van der Waals surface area contributed by atoms with Crippen molar-refractivity contribution >= 4 is 46.9 Å². The van der Waals surface area contributed by atoms with Crippen LogP contribution >= 0.6 is 11.6 Å². The van der Waals surface area contributed by atoms with Gasteiger partial charge in [-0.2, -0.15) is 5.10 Å². The first-order chi connectivity index (χ1) is 16.9. The number of hydrogen-bond acceptors (Lipinski definition) is 6. The molecule has 3 rings (SSSR count). The second kappa shape index (κ2) is 12.8. The number of benzene rings is 3. The molecule has 3 aromatic carbocycles. The third-order valence-corrected chi connectivity index (χ3v) is 4.59. The van der Waals surface area contributed by atoms with E-state index in [1.54, 1.807) is 72.8 Å². The molecule has 3 amide bonds. The van der Waals surface area contributed by atoms with Gasteiger partial charge in [-0.3, -0.25) is 14.4 Å². The van der Waals surface area contributed by atoms with E-state index >= 15 is 0 Å². The SMILES string of the molecule is CCOc1ccccc1NC(=O)C(=O)N/N=C\c1cccc(OCC(=O)Nc2cccc(Cl)c2)c1. The van der Waals surface area contributed by atoms with E-state index in [2.05, 4.69) is 21.2 Å². The molecule has 0 aliphatic carbocycles. The molecular weight excluding hydrogens is 472 g/mol. The van der Waals surface area contributed by atoms with E-state index in [0.29, 0.717) is 40.1 Å². The quantitative estimate of drug-likeness (QED) is 0.237. The summed E-state index contributed by atoms with van der Waals surface area (Å²) in [6.45, 7) is 2.02. The highest BCUT2D eigenvalue weighted by Crippen LogP contribution is 2.23. The molecule has 0 spiro atoms. The summed E-state index contributed by atoms with van der Waals surface area (Å²) < 4.78 is 10.9. The minimum Gasteiger partial charge on any atom is -0.492 e. The highest BCUT2D eigenvalue weighted by molar-refractivity contribution is 6.39. The standard InChI is InChI=1S/C25H23ClN4O5/c1-2-34-22-12-4-3-11-21(22)29-24(32)25(33)30-27-15-17-7-5-10-20(13-17)35-16-23(31)28-19-9-6-8-18(26)14-19/h3-15H,2,16H2,1H3,(H,28,31)(H,29,32)(H,30,33)/b27-15-. The molecule has 0 aromatic heterocycles. The van der Waals surface area contributed by atoms with Crippen molar-refractivity contribution in [2.75, 3.05) is 23.8 Å². The molecule has 0 saturated carbocycles. The Morgan fingerprint density at radius 3 is 2.51 bits per heavy atom. The average Bonchev–Trinajstić information content (AvgIpc) is 2.84. The number of carbonyl (C=O) groups excluding carboxylic acids is 3. The van der Waals surface area contributed by atoms with E-state index in [4.69, 9.17) is 21.1 Å². The number of anilines is 2. The molecule has 35 heavy (non-hydrogen) atoms. The molecule has 0 aliphatic rings.